The fourth-order valence-electron chi connectivity index (χ4n) is 5.81. The Bertz CT molecular complexity index is 1080. The molecule has 0 radical (unpaired) electrons. The second-order valence-electron chi connectivity index (χ2n) is 10.3. The van der Waals surface area contributed by atoms with Crippen molar-refractivity contribution < 1.29 is 23.8 Å². The van der Waals surface area contributed by atoms with Crippen LogP contribution in [0.3, 0.4) is 0 Å². The number of fused-ring (bicyclic) bond motifs is 2. The topological polar surface area (TPSA) is 68.3 Å². The third-order valence-electron chi connectivity index (χ3n) is 7.51. The highest BCUT2D eigenvalue weighted by molar-refractivity contribution is 5.80. The molecule has 4 rings (SSSR count). The number of nitrogens with zero attached hydrogens (tertiary/aromatic N) is 2. The number of likely N-dealkylation sites (N-methyl/N-ethyl adjacent to an activating group) is 1. The maximum atomic E-state index is 13.5. The van der Waals surface area contributed by atoms with Crippen LogP contribution in [0.4, 0.5) is 0 Å². The predicted octanol–water partition coefficient (Wildman–Crippen LogP) is 4.56. The van der Waals surface area contributed by atoms with Crippen molar-refractivity contribution >= 4 is 11.9 Å². The third-order valence-corrected chi connectivity index (χ3v) is 7.51. The summed E-state index contributed by atoms with van der Waals surface area (Å²) in [6, 6.07) is 13.9. The van der Waals surface area contributed by atoms with Crippen molar-refractivity contribution in [2.75, 3.05) is 40.4 Å². The molecular weight excluding hydrogens is 468 g/mol. The molecule has 0 unspecified atom stereocenters. The summed E-state index contributed by atoms with van der Waals surface area (Å²) < 4.78 is 17.5. The summed E-state index contributed by atoms with van der Waals surface area (Å²) in [5, 5.41) is 0. The van der Waals surface area contributed by atoms with Crippen LogP contribution in [0, 0.1) is 5.92 Å². The summed E-state index contributed by atoms with van der Waals surface area (Å²) in [4.78, 5) is 30.4. The van der Waals surface area contributed by atoms with Crippen LogP contribution in [0.2, 0.25) is 0 Å². The molecule has 0 aromatic heterocycles. The number of hydrogen-bond acceptors (Lipinski definition) is 6. The van der Waals surface area contributed by atoms with Gasteiger partial charge in [0.2, 0.25) is 5.91 Å². The molecule has 1 aliphatic carbocycles. The van der Waals surface area contributed by atoms with Gasteiger partial charge in [-0.05, 0) is 88.9 Å². The van der Waals surface area contributed by atoms with E-state index in [-0.39, 0.29) is 24.4 Å². The van der Waals surface area contributed by atoms with E-state index in [1.165, 1.54) is 5.56 Å². The van der Waals surface area contributed by atoms with Crippen LogP contribution in [0.15, 0.2) is 42.5 Å². The minimum absolute atomic E-state index is 0.118. The van der Waals surface area contributed by atoms with E-state index in [9.17, 15) is 9.59 Å². The Morgan fingerprint density at radius 3 is 2.27 bits per heavy atom. The Labute approximate surface area is 220 Å². The van der Waals surface area contributed by atoms with Crippen molar-refractivity contribution in [1.82, 2.24) is 9.80 Å². The Hall–Kier alpha value is -3.06. The summed E-state index contributed by atoms with van der Waals surface area (Å²) >= 11 is 0. The molecule has 1 heterocycles. The van der Waals surface area contributed by atoms with Crippen molar-refractivity contribution in [1.29, 1.82) is 0 Å². The zero-order valence-corrected chi connectivity index (χ0v) is 22.6. The van der Waals surface area contributed by atoms with E-state index in [1.54, 1.807) is 0 Å². The standard InChI is InChI=1S/C30H40N2O5/c1-5-35-26-18-24-14-17-32(28(33)20-31(3)4)30(25(24)19-27(26)36-6-2)15-12-23(13-16-30)29(34)37-21-22-10-8-7-9-11-22/h7-11,18-19,23H,5-6,12-17,20-21H2,1-4H3/t23-,30-. The summed E-state index contributed by atoms with van der Waals surface area (Å²) in [6.07, 6.45) is 3.55. The van der Waals surface area contributed by atoms with Gasteiger partial charge in [0.25, 0.3) is 0 Å². The summed E-state index contributed by atoms with van der Waals surface area (Å²) in [5.74, 6) is 1.27. The number of esters is 1. The number of ether oxygens (including phenoxy) is 3. The van der Waals surface area contributed by atoms with Gasteiger partial charge in [-0.2, -0.15) is 0 Å². The van der Waals surface area contributed by atoms with Gasteiger partial charge in [0.15, 0.2) is 11.5 Å². The Balaban J connectivity index is 1.60. The molecule has 1 fully saturated rings. The maximum Gasteiger partial charge on any atom is 0.309 e. The molecule has 1 aliphatic heterocycles. The number of rotatable bonds is 9. The van der Waals surface area contributed by atoms with E-state index in [2.05, 4.69) is 17.0 Å². The van der Waals surface area contributed by atoms with Crippen molar-refractivity contribution in [3.05, 3.63) is 59.2 Å². The molecule has 1 spiro atoms. The van der Waals surface area contributed by atoms with E-state index < -0.39 is 5.54 Å². The van der Waals surface area contributed by atoms with Crippen molar-refractivity contribution in [3.8, 4) is 11.5 Å². The summed E-state index contributed by atoms with van der Waals surface area (Å²) in [6.45, 7) is 6.32. The SMILES string of the molecule is CCOc1cc2c(cc1OCC)[C@]1(CC[C@@H](C(=O)OCc3ccccc3)CC1)N(C(=O)CN(C)C)CC2. The lowest BCUT2D eigenvalue weighted by Gasteiger charge is -2.52. The number of amides is 1. The zero-order chi connectivity index (χ0) is 26.4. The highest BCUT2D eigenvalue weighted by Crippen LogP contribution is 2.50. The third kappa shape index (κ3) is 5.93. The number of hydrogen-bond donors (Lipinski definition) is 0. The van der Waals surface area contributed by atoms with Crippen LogP contribution in [0.1, 0.15) is 56.2 Å². The van der Waals surface area contributed by atoms with E-state index in [0.717, 1.165) is 23.3 Å². The molecule has 7 nitrogen and oxygen atoms in total. The van der Waals surface area contributed by atoms with Gasteiger partial charge in [-0.3, -0.25) is 9.59 Å². The lowest BCUT2D eigenvalue weighted by Crippen LogP contribution is -2.57. The highest BCUT2D eigenvalue weighted by Gasteiger charge is 2.48. The second kappa shape index (κ2) is 12.0. The fourth-order valence-corrected chi connectivity index (χ4v) is 5.81. The average Bonchev–Trinajstić information content (AvgIpc) is 2.89. The minimum Gasteiger partial charge on any atom is -0.490 e. The highest BCUT2D eigenvalue weighted by atomic mass is 16.5. The first kappa shape index (κ1) is 27.0. The first-order chi connectivity index (χ1) is 17.9. The number of benzene rings is 2. The largest absolute Gasteiger partial charge is 0.490 e. The average molecular weight is 509 g/mol. The minimum atomic E-state index is -0.465. The molecule has 1 amide bonds. The Morgan fingerprint density at radius 1 is 1.00 bits per heavy atom. The smallest absolute Gasteiger partial charge is 0.309 e. The van der Waals surface area contributed by atoms with Crippen LogP contribution >= 0.6 is 0 Å². The normalized spacial score (nSPS) is 21.0. The zero-order valence-electron chi connectivity index (χ0n) is 22.6. The molecule has 200 valence electrons. The van der Waals surface area contributed by atoms with Crippen LogP contribution in [0.5, 0.6) is 11.5 Å². The van der Waals surface area contributed by atoms with Crippen molar-refractivity contribution in [3.63, 3.8) is 0 Å². The fraction of sp³-hybridized carbons (Fsp3) is 0.533. The van der Waals surface area contributed by atoms with E-state index in [0.29, 0.717) is 57.7 Å². The van der Waals surface area contributed by atoms with Gasteiger partial charge in [0.1, 0.15) is 6.61 Å². The predicted molar refractivity (Wildman–Crippen MR) is 143 cm³/mol. The molecule has 0 atom stereocenters. The molecule has 2 aliphatic rings. The molecule has 2 aromatic carbocycles. The lowest BCUT2D eigenvalue weighted by atomic mass is 9.68. The van der Waals surface area contributed by atoms with Gasteiger partial charge in [0, 0.05) is 6.54 Å². The van der Waals surface area contributed by atoms with Gasteiger partial charge >= 0.3 is 5.97 Å². The Morgan fingerprint density at radius 2 is 1.65 bits per heavy atom. The molecule has 37 heavy (non-hydrogen) atoms. The summed E-state index contributed by atoms with van der Waals surface area (Å²) in [7, 11) is 3.84. The Kier molecular flexibility index (Phi) is 8.75. The maximum absolute atomic E-state index is 13.5. The number of carbonyl (C=O) groups excluding carboxylic acids is 2. The van der Waals surface area contributed by atoms with Gasteiger partial charge < -0.3 is 24.0 Å². The molecule has 0 bridgehead atoms. The first-order valence-electron chi connectivity index (χ1n) is 13.5. The molecule has 7 heteroatoms. The van der Waals surface area contributed by atoms with Gasteiger partial charge in [-0.15, -0.1) is 0 Å². The van der Waals surface area contributed by atoms with Crippen LogP contribution < -0.4 is 9.47 Å². The van der Waals surface area contributed by atoms with Crippen molar-refractivity contribution in [2.45, 2.75) is 58.1 Å². The molecule has 2 aromatic rings. The van der Waals surface area contributed by atoms with E-state index >= 15 is 0 Å². The lowest BCUT2D eigenvalue weighted by molar-refractivity contribution is -0.153. The molecule has 0 N–H and O–H groups in total. The molecule has 0 saturated heterocycles. The molecule has 1 saturated carbocycles. The monoisotopic (exact) mass is 508 g/mol. The van der Waals surface area contributed by atoms with Crippen LogP contribution in [-0.2, 0) is 32.9 Å². The van der Waals surface area contributed by atoms with Gasteiger partial charge in [-0.1, -0.05) is 30.3 Å². The first-order valence-corrected chi connectivity index (χ1v) is 13.5. The van der Waals surface area contributed by atoms with E-state index in [1.807, 2.05) is 63.2 Å². The quantitative estimate of drug-likeness (QED) is 0.463. The number of carbonyl (C=O) groups is 2. The van der Waals surface area contributed by atoms with E-state index in [4.69, 9.17) is 14.2 Å². The molecular formula is C30H40N2O5. The van der Waals surface area contributed by atoms with Gasteiger partial charge in [0.05, 0.1) is 31.2 Å². The summed E-state index contributed by atoms with van der Waals surface area (Å²) in [5.41, 5.74) is 2.85. The van der Waals surface area contributed by atoms with Crippen LogP contribution in [-0.4, -0.2) is 62.1 Å². The van der Waals surface area contributed by atoms with Crippen LogP contribution in [0.25, 0.3) is 0 Å². The second-order valence-corrected chi connectivity index (χ2v) is 10.3. The van der Waals surface area contributed by atoms with Crippen molar-refractivity contribution in [2.24, 2.45) is 5.92 Å². The van der Waals surface area contributed by atoms with Gasteiger partial charge in [-0.25, -0.2) is 0 Å².